The van der Waals surface area contributed by atoms with Crippen LogP contribution in [0.5, 0.6) is 0 Å². The van der Waals surface area contributed by atoms with Crippen molar-refractivity contribution in [3.05, 3.63) is 152 Å². The molecule has 0 saturated carbocycles. The number of nitrogens with zero attached hydrogens (tertiary/aromatic N) is 2. The predicted molar refractivity (Wildman–Crippen MR) is 231 cm³/mol. The second-order valence-corrected chi connectivity index (χ2v) is 21.4. The van der Waals surface area contributed by atoms with Gasteiger partial charge in [0.15, 0.2) is 0 Å². The number of hydrogen-bond acceptors (Lipinski definition) is 4. The third kappa shape index (κ3) is 3.74. The van der Waals surface area contributed by atoms with Crippen molar-refractivity contribution in [2.24, 2.45) is 0 Å². The van der Waals surface area contributed by atoms with E-state index in [4.69, 9.17) is 0 Å². The first-order valence-electron chi connectivity index (χ1n) is 18.1. The molecule has 0 saturated heterocycles. The van der Waals surface area contributed by atoms with Gasteiger partial charge >= 0.3 is 0 Å². The van der Waals surface area contributed by atoms with Gasteiger partial charge < -0.3 is 9.80 Å². The van der Waals surface area contributed by atoms with Crippen molar-refractivity contribution in [1.29, 1.82) is 0 Å². The standard InChI is InChI=1S/C46H31BN2S2Si/c1-52(2)41-21-11-8-18-35(41)49-37-27-29(28-23-24-40-33(25-28)31-15-6-9-19-38(31)50-40)26-36-43(37)47(34-17-12-22-42(52)45(34)49)46-44(32-16-7-10-20-39(32)51-46)48(36)30-13-4-3-5-14-30/h3-27H,1-2H3. The molecule has 0 unspecified atom stereocenters. The summed E-state index contributed by atoms with van der Waals surface area (Å²) in [6.07, 6.45) is 0. The van der Waals surface area contributed by atoms with Gasteiger partial charge in [0.25, 0.3) is 6.71 Å². The number of rotatable bonds is 2. The average Bonchev–Trinajstić information content (AvgIpc) is 3.76. The van der Waals surface area contributed by atoms with E-state index in [2.05, 4.69) is 175 Å². The highest BCUT2D eigenvalue weighted by Crippen LogP contribution is 2.50. The second kappa shape index (κ2) is 10.4. The van der Waals surface area contributed by atoms with E-state index < -0.39 is 8.07 Å². The smallest absolute Gasteiger partial charge is 0.264 e. The zero-order valence-corrected chi connectivity index (χ0v) is 31.4. The Morgan fingerprint density at radius 3 is 2.00 bits per heavy atom. The van der Waals surface area contributed by atoms with E-state index in [9.17, 15) is 0 Å². The van der Waals surface area contributed by atoms with Crippen molar-refractivity contribution >= 4 is 128 Å². The molecule has 0 atom stereocenters. The Hall–Kier alpha value is -5.40. The molecular formula is C46H31BN2S2Si. The van der Waals surface area contributed by atoms with Crippen molar-refractivity contribution in [3.8, 4) is 11.1 Å². The Morgan fingerprint density at radius 1 is 0.481 bits per heavy atom. The van der Waals surface area contributed by atoms with Gasteiger partial charge in [0.05, 0.1) is 5.69 Å². The lowest BCUT2D eigenvalue weighted by Crippen LogP contribution is -2.67. The number of thiophene rings is 2. The topological polar surface area (TPSA) is 6.48 Å². The number of benzene rings is 7. The molecule has 52 heavy (non-hydrogen) atoms. The summed E-state index contributed by atoms with van der Waals surface area (Å²) < 4.78 is 5.44. The van der Waals surface area contributed by atoms with Crippen molar-refractivity contribution in [2.45, 2.75) is 13.1 Å². The van der Waals surface area contributed by atoms with Crippen molar-refractivity contribution in [2.75, 3.05) is 9.80 Å². The molecule has 5 heterocycles. The molecule has 12 rings (SSSR count). The molecular weight excluding hydrogens is 684 g/mol. The van der Waals surface area contributed by atoms with Gasteiger partial charge in [-0.25, -0.2) is 0 Å². The quantitative estimate of drug-likeness (QED) is 0.165. The van der Waals surface area contributed by atoms with E-state index >= 15 is 0 Å². The largest absolute Gasteiger partial charge is 0.312 e. The molecule has 0 bridgehead atoms. The van der Waals surface area contributed by atoms with Crippen LogP contribution in [0.3, 0.4) is 0 Å². The summed E-state index contributed by atoms with van der Waals surface area (Å²) >= 11 is 3.86. The maximum Gasteiger partial charge on any atom is 0.264 e. The van der Waals surface area contributed by atoms with Crippen LogP contribution in [0.2, 0.25) is 13.1 Å². The Kier molecular flexibility index (Phi) is 5.82. The van der Waals surface area contributed by atoms with Crippen LogP contribution in [0, 0.1) is 0 Å². The lowest BCUT2D eigenvalue weighted by Gasteiger charge is -2.48. The van der Waals surface area contributed by atoms with E-state index in [0.717, 1.165) is 0 Å². The van der Waals surface area contributed by atoms with Crippen LogP contribution in [0.25, 0.3) is 41.4 Å². The predicted octanol–water partition coefficient (Wildman–Crippen LogP) is 10.2. The SMILES string of the molecule is C[Si]1(C)c2ccccc2N2c3cc(-c4ccc5sc6ccccc6c5c4)cc4c3B(c3cccc1c32)c1sc2ccccc2c1N4c1ccccc1. The third-order valence-electron chi connectivity index (χ3n) is 11.8. The summed E-state index contributed by atoms with van der Waals surface area (Å²) in [6, 6.07) is 57.4. The lowest BCUT2D eigenvalue weighted by molar-refractivity contribution is 1.26. The van der Waals surface area contributed by atoms with Gasteiger partial charge in [-0.15, -0.1) is 22.7 Å². The van der Waals surface area contributed by atoms with Gasteiger partial charge in [-0.2, -0.15) is 0 Å². The highest BCUT2D eigenvalue weighted by atomic mass is 32.1. The van der Waals surface area contributed by atoms with Crippen LogP contribution in [-0.2, 0) is 0 Å². The molecule has 0 N–H and O–H groups in total. The van der Waals surface area contributed by atoms with Crippen molar-refractivity contribution in [1.82, 2.24) is 0 Å². The van der Waals surface area contributed by atoms with E-state index in [-0.39, 0.29) is 6.71 Å². The first kappa shape index (κ1) is 29.2. The fraction of sp³-hybridized carbons (Fsp3) is 0.0435. The Bertz CT molecular complexity index is 2980. The molecule has 6 heteroatoms. The Labute approximate surface area is 311 Å². The second-order valence-electron chi connectivity index (χ2n) is 14.9. The summed E-state index contributed by atoms with van der Waals surface area (Å²) in [5.74, 6) is 0. The average molecular weight is 715 g/mol. The van der Waals surface area contributed by atoms with Gasteiger partial charge in [0.2, 0.25) is 0 Å². The molecule has 3 aliphatic heterocycles. The minimum atomic E-state index is -2.01. The molecule has 0 aliphatic carbocycles. The maximum atomic E-state index is 2.65. The normalized spacial score (nSPS) is 14.8. The van der Waals surface area contributed by atoms with E-state index in [1.54, 1.807) is 0 Å². The van der Waals surface area contributed by atoms with E-state index in [0.29, 0.717) is 0 Å². The van der Waals surface area contributed by atoms with Crippen LogP contribution in [-0.4, -0.2) is 14.8 Å². The number of fused-ring (bicyclic) bond motifs is 11. The molecule has 2 nitrogen and oxygen atoms in total. The van der Waals surface area contributed by atoms with Gasteiger partial charge in [-0.05, 0) is 87.0 Å². The van der Waals surface area contributed by atoms with Crippen LogP contribution in [0.4, 0.5) is 34.1 Å². The summed E-state index contributed by atoms with van der Waals surface area (Å²) in [5, 5.41) is 7.02. The molecule has 3 aliphatic rings. The number of hydrogen-bond donors (Lipinski definition) is 0. The molecule has 0 fully saturated rings. The molecule has 0 spiro atoms. The zero-order chi connectivity index (χ0) is 34.3. The van der Waals surface area contributed by atoms with Gasteiger partial charge in [0.1, 0.15) is 8.07 Å². The highest BCUT2D eigenvalue weighted by Gasteiger charge is 2.49. The van der Waals surface area contributed by atoms with Crippen LogP contribution < -0.4 is 35.9 Å². The fourth-order valence-corrected chi connectivity index (χ4v) is 14.9. The Morgan fingerprint density at radius 2 is 1.15 bits per heavy atom. The molecule has 0 amide bonds. The molecule has 0 radical (unpaired) electrons. The van der Waals surface area contributed by atoms with E-state index in [1.165, 1.54) is 102 Å². The summed E-state index contributed by atoms with van der Waals surface area (Å²) in [4.78, 5) is 5.23. The summed E-state index contributed by atoms with van der Waals surface area (Å²) in [5.41, 5.74) is 13.2. The maximum absolute atomic E-state index is 2.65. The van der Waals surface area contributed by atoms with Gasteiger partial charge in [-0.1, -0.05) is 110 Å². The monoisotopic (exact) mass is 714 g/mol. The van der Waals surface area contributed by atoms with Gasteiger partial charge in [0, 0.05) is 63.5 Å². The highest BCUT2D eigenvalue weighted by molar-refractivity contribution is 7.34. The summed E-state index contributed by atoms with van der Waals surface area (Å²) in [6.45, 7) is 5.22. The van der Waals surface area contributed by atoms with Crippen LogP contribution in [0.15, 0.2) is 152 Å². The third-order valence-corrected chi connectivity index (χ3v) is 17.7. The van der Waals surface area contributed by atoms with Crippen LogP contribution in [0.1, 0.15) is 0 Å². The molecule has 7 aromatic carbocycles. The molecule has 2 aromatic heterocycles. The first-order valence-corrected chi connectivity index (χ1v) is 22.7. The molecule has 244 valence electrons. The Balaban J connectivity index is 1.24. The minimum Gasteiger partial charge on any atom is -0.312 e. The van der Waals surface area contributed by atoms with Crippen molar-refractivity contribution < 1.29 is 0 Å². The number of anilines is 6. The number of para-hydroxylation sites is 3. The van der Waals surface area contributed by atoms with Crippen molar-refractivity contribution in [3.63, 3.8) is 0 Å². The van der Waals surface area contributed by atoms with Gasteiger partial charge in [-0.3, -0.25) is 0 Å². The summed E-state index contributed by atoms with van der Waals surface area (Å²) in [7, 11) is -2.01. The zero-order valence-electron chi connectivity index (χ0n) is 28.7. The molecule has 9 aromatic rings. The first-order chi connectivity index (χ1) is 25.6. The van der Waals surface area contributed by atoms with Crippen LogP contribution >= 0.6 is 22.7 Å². The fourth-order valence-electron chi connectivity index (χ4n) is 9.49. The lowest BCUT2D eigenvalue weighted by atomic mass is 9.36. The van der Waals surface area contributed by atoms with E-state index in [1.807, 2.05) is 22.7 Å². The minimum absolute atomic E-state index is 0.135.